The van der Waals surface area contributed by atoms with Gasteiger partial charge in [0.25, 0.3) is 0 Å². The minimum atomic E-state index is 0.499. The van der Waals surface area contributed by atoms with Crippen molar-refractivity contribution in [2.24, 2.45) is 0 Å². The van der Waals surface area contributed by atoms with E-state index in [2.05, 4.69) is 5.32 Å². The summed E-state index contributed by atoms with van der Waals surface area (Å²) in [6, 6.07) is 1.40. The van der Waals surface area contributed by atoms with E-state index >= 15 is 0 Å². The molecule has 1 heterocycles. The molecule has 4 atom stereocenters. The van der Waals surface area contributed by atoms with Crippen molar-refractivity contribution in [3.05, 3.63) is 0 Å². The Kier molecular flexibility index (Phi) is 6.42. The molecule has 1 saturated heterocycles. The molecule has 2 aliphatic carbocycles. The topological polar surface area (TPSA) is 21.3 Å². The van der Waals surface area contributed by atoms with E-state index in [0.717, 1.165) is 6.04 Å². The summed E-state index contributed by atoms with van der Waals surface area (Å²) in [4.78, 5) is 0. The van der Waals surface area contributed by atoms with Gasteiger partial charge in [-0.15, -0.1) is 0 Å². The van der Waals surface area contributed by atoms with Gasteiger partial charge in [0.05, 0.1) is 12.2 Å². The highest BCUT2D eigenvalue weighted by Gasteiger charge is 2.30. The summed E-state index contributed by atoms with van der Waals surface area (Å²) < 4.78 is 6.63. The Bertz CT molecular complexity index is 265. The van der Waals surface area contributed by atoms with Crippen LogP contribution in [-0.4, -0.2) is 24.3 Å². The molecule has 0 aromatic carbocycles. The number of nitrogens with one attached hydrogen (secondary N) is 1. The van der Waals surface area contributed by atoms with E-state index in [1.54, 1.807) is 0 Å². The zero-order valence-electron chi connectivity index (χ0n) is 13.8. The maximum Gasteiger partial charge on any atom is 0.0731 e. The Morgan fingerprint density at radius 1 is 0.571 bits per heavy atom. The molecule has 1 aliphatic heterocycles. The highest BCUT2D eigenvalue weighted by atomic mass is 16.5. The van der Waals surface area contributed by atoms with Crippen molar-refractivity contribution >= 4 is 0 Å². The summed E-state index contributed by atoms with van der Waals surface area (Å²) in [7, 11) is 0. The zero-order valence-corrected chi connectivity index (χ0v) is 13.8. The van der Waals surface area contributed by atoms with Crippen LogP contribution in [0.4, 0.5) is 0 Å². The Hall–Kier alpha value is -0.0800. The SMILES string of the molecule is C1CCCC2CCC(CCC1)OC1CCCCCCC1N2. The summed E-state index contributed by atoms with van der Waals surface area (Å²) in [5.41, 5.74) is 0. The first-order chi connectivity index (χ1) is 10.4. The molecule has 1 N–H and O–H groups in total. The van der Waals surface area contributed by atoms with Crippen molar-refractivity contribution < 1.29 is 4.74 Å². The first-order valence-electron chi connectivity index (χ1n) is 9.83. The standard InChI is InChI=1S/C19H35NO/c1-2-6-10-16-14-15-17(11-7-3-1)21-19-13-9-5-4-8-12-18(19)20-16/h16-20H,1-15H2. The summed E-state index contributed by atoms with van der Waals surface area (Å²) in [5, 5.41) is 4.02. The Morgan fingerprint density at radius 2 is 1.24 bits per heavy atom. The third-order valence-electron chi connectivity index (χ3n) is 5.94. The van der Waals surface area contributed by atoms with Crippen molar-refractivity contribution in [1.82, 2.24) is 5.32 Å². The smallest absolute Gasteiger partial charge is 0.0731 e. The Morgan fingerprint density at radius 3 is 2.10 bits per heavy atom. The lowest BCUT2D eigenvalue weighted by atomic mass is 9.90. The third-order valence-corrected chi connectivity index (χ3v) is 5.94. The fraction of sp³-hybridized carbons (Fsp3) is 1.00. The number of rotatable bonds is 0. The molecular formula is C19H35NO. The molecule has 4 unspecified atom stereocenters. The van der Waals surface area contributed by atoms with Gasteiger partial charge >= 0.3 is 0 Å². The van der Waals surface area contributed by atoms with Crippen molar-refractivity contribution in [1.29, 1.82) is 0 Å². The second-order valence-corrected chi connectivity index (χ2v) is 7.68. The Balaban J connectivity index is 1.69. The number of hydrogen-bond acceptors (Lipinski definition) is 2. The van der Waals surface area contributed by atoms with Gasteiger partial charge in [0.2, 0.25) is 0 Å². The van der Waals surface area contributed by atoms with Crippen molar-refractivity contribution in [3.63, 3.8) is 0 Å². The average Bonchev–Trinajstić information content (AvgIpc) is 2.49. The molecular weight excluding hydrogens is 258 g/mol. The molecule has 3 rings (SSSR count). The van der Waals surface area contributed by atoms with Crippen LogP contribution < -0.4 is 5.32 Å². The highest BCUT2D eigenvalue weighted by Crippen LogP contribution is 2.28. The van der Waals surface area contributed by atoms with E-state index in [-0.39, 0.29) is 0 Å². The molecule has 3 fully saturated rings. The summed E-state index contributed by atoms with van der Waals surface area (Å²) >= 11 is 0. The van der Waals surface area contributed by atoms with Crippen molar-refractivity contribution in [3.8, 4) is 0 Å². The number of ether oxygens (including phenoxy) is 1. The van der Waals surface area contributed by atoms with Gasteiger partial charge in [0.1, 0.15) is 0 Å². The van der Waals surface area contributed by atoms with Crippen LogP contribution in [0, 0.1) is 0 Å². The molecule has 2 heteroatoms. The minimum Gasteiger partial charge on any atom is -0.373 e. The van der Waals surface area contributed by atoms with Crippen LogP contribution in [0.3, 0.4) is 0 Å². The predicted molar refractivity (Wildman–Crippen MR) is 88.6 cm³/mol. The average molecular weight is 293 g/mol. The van der Waals surface area contributed by atoms with E-state index in [1.807, 2.05) is 0 Å². The van der Waals surface area contributed by atoms with Crippen LogP contribution >= 0.6 is 0 Å². The molecule has 2 saturated carbocycles. The van der Waals surface area contributed by atoms with Crippen molar-refractivity contribution in [2.75, 3.05) is 0 Å². The molecule has 0 aromatic heterocycles. The Labute approximate surface area is 131 Å². The molecule has 0 spiro atoms. The molecule has 2 nitrogen and oxygen atoms in total. The van der Waals surface area contributed by atoms with E-state index in [9.17, 15) is 0 Å². The van der Waals surface area contributed by atoms with Crippen LogP contribution in [-0.2, 0) is 4.74 Å². The van der Waals surface area contributed by atoms with Crippen molar-refractivity contribution in [2.45, 2.75) is 121 Å². The monoisotopic (exact) mass is 293 g/mol. The normalized spacial score (nSPS) is 40.0. The van der Waals surface area contributed by atoms with E-state index < -0.39 is 0 Å². The van der Waals surface area contributed by atoms with Crippen LogP contribution in [0.2, 0.25) is 0 Å². The molecule has 0 aromatic rings. The quantitative estimate of drug-likeness (QED) is 0.681. The number of hydrogen-bond donors (Lipinski definition) is 1. The van der Waals surface area contributed by atoms with E-state index in [1.165, 1.54) is 96.3 Å². The largest absolute Gasteiger partial charge is 0.373 e. The van der Waals surface area contributed by atoms with E-state index in [4.69, 9.17) is 4.74 Å². The van der Waals surface area contributed by atoms with Gasteiger partial charge in [-0.1, -0.05) is 57.8 Å². The zero-order chi connectivity index (χ0) is 14.3. The lowest BCUT2D eigenvalue weighted by Crippen LogP contribution is -2.50. The molecule has 3 aliphatic rings. The minimum absolute atomic E-state index is 0.499. The van der Waals surface area contributed by atoms with Crippen LogP contribution in [0.1, 0.15) is 96.3 Å². The van der Waals surface area contributed by atoms with Gasteiger partial charge in [-0.2, -0.15) is 0 Å². The maximum atomic E-state index is 6.63. The third kappa shape index (κ3) is 4.96. The second-order valence-electron chi connectivity index (χ2n) is 7.68. The number of fused-ring (bicyclic) bond motifs is 4. The van der Waals surface area contributed by atoms with Gasteiger partial charge in [0.15, 0.2) is 0 Å². The molecule has 0 amide bonds. The summed E-state index contributed by atoms with van der Waals surface area (Å²) in [6.45, 7) is 0. The predicted octanol–water partition coefficient (Wildman–Crippen LogP) is 4.96. The van der Waals surface area contributed by atoms with Crippen LogP contribution in [0.15, 0.2) is 0 Å². The molecule has 2 bridgehead atoms. The molecule has 21 heavy (non-hydrogen) atoms. The van der Waals surface area contributed by atoms with Gasteiger partial charge in [-0.3, -0.25) is 0 Å². The van der Waals surface area contributed by atoms with Gasteiger partial charge in [-0.05, 0) is 38.5 Å². The maximum absolute atomic E-state index is 6.63. The highest BCUT2D eigenvalue weighted by molar-refractivity contribution is 4.87. The first-order valence-corrected chi connectivity index (χ1v) is 9.83. The van der Waals surface area contributed by atoms with Gasteiger partial charge < -0.3 is 10.1 Å². The van der Waals surface area contributed by atoms with Gasteiger partial charge in [-0.25, -0.2) is 0 Å². The summed E-state index contributed by atoms with van der Waals surface area (Å²) in [5.74, 6) is 0. The van der Waals surface area contributed by atoms with Crippen LogP contribution in [0.25, 0.3) is 0 Å². The fourth-order valence-electron chi connectivity index (χ4n) is 4.63. The first kappa shape index (κ1) is 15.8. The van der Waals surface area contributed by atoms with Crippen LogP contribution in [0.5, 0.6) is 0 Å². The fourth-order valence-corrected chi connectivity index (χ4v) is 4.63. The lowest BCUT2D eigenvalue weighted by molar-refractivity contribution is -0.0613. The molecule has 122 valence electrons. The summed E-state index contributed by atoms with van der Waals surface area (Å²) in [6.07, 6.45) is 21.8. The molecule has 0 radical (unpaired) electrons. The lowest BCUT2D eigenvalue weighted by Gasteiger charge is -2.38. The van der Waals surface area contributed by atoms with Gasteiger partial charge in [0, 0.05) is 12.1 Å². The van der Waals surface area contributed by atoms with E-state index in [0.29, 0.717) is 18.2 Å². The second kappa shape index (κ2) is 8.53.